The molecule has 0 bridgehead atoms. The second-order valence-corrected chi connectivity index (χ2v) is 6.02. The third-order valence-electron chi connectivity index (χ3n) is 3.99. The summed E-state index contributed by atoms with van der Waals surface area (Å²) in [5.41, 5.74) is 0.285. The van der Waals surface area contributed by atoms with Gasteiger partial charge in [-0.25, -0.2) is 4.39 Å². The van der Waals surface area contributed by atoms with Crippen LogP contribution in [0.25, 0.3) is 0 Å². The van der Waals surface area contributed by atoms with Crippen LogP contribution in [0.5, 0.6) is 0 Å². The van der Waals surface area contributed by atoms with Gasteiger partial charge in [-0.2, -0.15) is 0 Å². The summed E-state index contributed by atoms with van der Waals surface area (Å²) in [6, 6.07) is 15.2. The number of carbonyl (C=O) groups is 2. The highest BCUT2D eigenvalue weighted by molar-refractivity contribution is 6.02. The summed E-state index contributed by atoms with van der Waals surface area (Å²) in [6.07, 6.45) is 0.238. The topological polar surface area (TPSA) is 55.4 Å². The molecule has 0 saturated heterocycles. The van der Waals surface area contributed by atoms with Crippen LogP contribution < -0.4 is 5.32 Å². The van der Waals surface area contributed by atoms with Gasteiger partial charge in [0.25, 0.3) is 0 Å². The van der Waals surface area contributed by atoms with E-state index < -0.39 is 17.3 Å². The van der Waals surface area contributed by atoms with Crippen molar-refractivity contribution in [2.45, 2.75) is 26.8 Å². The lowest BCUT2D eigenvalue weighted by molar-refractivity contribution is -0.159. The molecule has 2 aromatic carbocycles. The number of benzene rings is 2. The normalized spacial score (nSPS) is 12.9. The SMILES string of the molecule is CCOC(=O)C(C)(Cc1ccccc1)C(=O)NCc1ccc(F)cc1. The van der Waals surface area contributed by atoms with Crippen LogP contribution >= 0.6 is 0 Å². The molecule has 1 N–H and O–H groups in total. The number of esters is 1. The molecule has 0 aliphatic rings. The molecule has 0 heterocycles. The summed E-state index contributed by atoms with van der Waals surface area (Å²) in [5.74, 6) is -1.31. The zero-order chi connectivity index (χ0) is 18.3. The molecule has 1 amide bonds. The number of ether oxygens (including phenoxy) is 1. The lowest BCUT2D eigenvalue weighted by atomic mass is 9.82. The number of hydrogen-bond acceptors (Lipinski definition) is 3. The van der Waals surface area contributed by atoms with Crippen molar-refractivity contribution in [2.75, 3.05) is 6.61 Å². The lowest BCUT2D eigenvalue weighted by Gasteiger charge is -2.26. The van der Waals surface area contributed by atoms with Crippen LogP contribution in [0.4, 0.5) is 4.39 Å². The number of carbonyl (C=O) groups excluding carboxylic acids is 2. The maximum atomic E-state index is 13.0. The smallest absolute Gasteiger partial charge is 0.321 e. The first-order valence-corrected chi connectivity index (χ1v) is 8.19. The Kier molecular flexibility index (Phi) is 6.28. The number of nitrogens with one attached hydrogen (secondary N) is 1. The highest BCUT2D eigenvalue weighted by Gasteiger charge is 2.42. The van der Waals surface area contributed by atoms with Crippen LogP contribution in [0, 0.1) is 11.2 Å². The first-order valence-electron chi connectivity index (χ1n) is 8.19. The first-order chi connectivity index (χ1) is 12.0. The van der Waals surface area contributed by atoms with Crippen molar-refractivity contribution in [1.29, 1.82) is 0 Å². The molecule has 0 aliphatic heterocycles. The van der Waals surface area contributed by atoms with Crippen molar-refractivity contribution >= 4 is 11.9 Å². The minimum Gasteiger partial charge on any atom is -0.465 e. The van der Waals surface area contributed by atoms with Gasteiger partial charge < -0.3 is 10.1 Å². The van der Waals surface area contributed by atoms with Crippen LogP contribution in [-0.4, -0.2) is 18.5 Å². The lowest BCUT2D eigenvalue weighted by Crippen LogP contribution is -2.46. The highest BCUT2D eigenvalue weighted by atomic mass is 19.1. The predicted octanol–water partition coefficient (Wildman–Crippen LogP) is 3.25. The Balaban J connectivity index is 2.14. The molecule has 0 spiro atoms. The van der Waals surface area contributed by atoms with Crippen molar-refractivity contribution in [2.24, 2.45) is 5.41 Å². The molecule has 1 unspecified atom stereocenters. The van der Waals surface area contributed by atoms with Crippen LogP contribution in [0.1, 0.15) is 25.0 Å². The minimum atomic E-state index is -1.34. The quantitative estimate of drug-likeness (QED) is 0.620. The van der Waals surface area contributed by atoms with E-state index in [0.717, 1.165) is 11.1 Å². The van der Waals surface area contributed by atoms with E-state index in [2.05, 4.69) is 5.32 Å². The van der Waals surface area contributed by atoms with Gasteiger partial charge in [-0.05, 0) is 43.5 Å². The van der Waals surface area contributed by atoms with Gasteiger partial charge in [-0.1, -0.05) is 42.5 Å². The molecule has 0 fully saturated rings. The fourth-order valence-electron chi connectivity index (χ4n) is 2.52. The largest absolute Gasteiger partial charge is 0.465 e. The molecule has 1 atom stereocenters. The standard InChI is InChI=1S/C20H22FNO3/c1-3-25-19(24)20(2,13-15-7-5-4-6-8-15)18(23)22-14-16-9-11-17(21)12-10-16/h4-12H,3,13-14H2,1-2H3,(H,22,23). The van der Waals surface area contributed by atoms with Gasteiger partial charge in [0.1, 0.15) is 11.2 Å². The maximum Gasteiger partial charge on any atom is 0.321 e. The molecular weight excluding hydrogens is 321 g/mol. The summed E-state index contributed by atoms with van der Waals surface area (Å²) >= 11 is 0. The van der Waals surface area contributed by atoms with E-state index in [9.17, 15) is 14.0 Å². The zero-order valence-corrected chi connectivity index (χ0v) is 14.4. The zero-order valence-electron chi connectivity index (χ0n) is 14.4. The summed E-state index contributed by atoms with van der Waals surface area (Å²) in [7, 11) is 0. The predicted molar refractivity (Wildman–Crippen MR) is 93.1 cm³/mol. The fraction of sp³-hybridized carbons (Fsp3) is 0.300. The van der Waals surface area contributed by atoms with E-state index >= 15 is 0 Å². The number of hydrogen-bond donors (Lipinski definition) is 1. The highest BCUT2D eigenvalue weighted by Crippen LogP contribution is 2.25. The van der Waals surface area contributed by atoms with Crippen molar-refractivity contribution in [3.05, 3.63) is 71.5 Å². The number of amides is 1. The van der Waals surface area contributed by atoms with Crippen LogP contribution in [0.2, 0.25) is 0 Å². The second-order valence-electron chi connectivity index (χ2n) is 6.02. The Morgan fingerprint density at radius 3 is 2.28 bits per heavy atom. The van der Waals surface area contributed by atoms with Gasteiger partial charge in [0.15, 0.2) is 0 Å². The maximum absolute atomic E-state index is 13.0. The summed E-state index contributed by atoms with van der Waals surface area (Å²) in [4.78, 5) is 25.2. The Hall–Kier alpha value is -2.69. The number of halogens is 1. The van der Waals surface area contributed by atoms with E-state index in [4.69, 9.17) is 4.74 Å². The van der Waals surface area contributed by atoms with E-state index in [1.165, 1.54) is 12.1 Å². The van der Waals surface area contributed by atoms with E-state index in [1.54, 1.807) is 26.0 Å². The molecule has 132 valence electrons. The molecule has 2 aromatic rings. The third-order valence-corrected chi connectivity index (χ3v) is 3.99. The summed E-state index contributed by atoms with van der Waals surface area (Å²) in [5, 5.41) is 2.76. The van der Waals surface area contributed by atoms with E-state index in [0.29, 0.717) is 0 Å². The molecule has 0 radical (unpaired) electrons. The van der Waals surface area contributed by atoms with Crippen molar-refractivity contribution in [1.82, 2.24) is 5.32 Å². The van der Waals surface area contributed by atoms with Gasteiger partial charge in [-0.3, -0.25) is 9.59 Å². The minimum absolute atomic E-state index is 0.203. The molecule has 25 heavy (non-hydrogen) atoms. The monoisotopic (exact) mass is 343 g/mol. The van der Waals surface area contributed by atoms with Crippen LogP contribution in [0.3, 0.4) is 0 Å². The number of rotatable bonds is 7. The van der Waals surface area contributed by atoms with Gasteiger partial charge in [0.05, 0.1) is 6.61 Å². The Bertz CT molecular complexity index is 715. The Labute approximate surface area is 147 Å². The van der Waals surface area contributed by atoms with Crippen molar-refractivity contribution < 1.29 is 18.7 Å². The molecular formula is C20H22FNO3. The average molecular weight is 343 g/mol. The molecule has 0 aromatic heterocycles. The van der Waals surface area contributed by atoms with E-state index in [1.807, 2.05) is 30.3 Å². The third kappa shape index (κ3) is 4.89. The first kappa shape index (κ1) is 18.6. The van der Waals surface area contributed by atoms with Gasteiger partial charge in [0.2, 0.25) is 5.91 Å². The van der Waals surface area contributed by atoms with Crippen LogP contribution in [0.15, 0.2) is 54.6 Å². The van der Waals surface area contributed by atoms with Gasteiger partial charge in [-0.15, -0.1) is 0 Å². The molecule has 2 rings (SSSR count). The average Bonchev–Trinajstić information content (AvgIpc) is 2.62. The second kappa shape index (κ2) is 8.42. The Morgan fingerprint density at radius 1 is 1.04 bits per heavy atom. The van der Waals surface area contributed by atoms with Crippen molar-refractivity contribution in [3.8, 4) is 0 Å². The van der Waals surface area contributed by atoms with Crippen LogP contribution in [-0.2, 0) is 27.3 Å². The molecule has 0 saturated carbocycles. The van der Waals surface area contributed by atoms with Gasteiger partial charge in [0, 0.05) is 6.54 Å². The molecule has 5 heteroatoms. The van der Waals surface area contributed by atoms with Crippen molar-refractivity contribution in [3.63, 3.8) is 0 Å². The van der Waals surface area contributed by atoms with E-state index in [-0.39, 0.29) is 25.4 Å². The summed E-state index contributed by atoms with van der Waals surface area (Å²) < 4.78 is 18.1. The van der Waals surface area contributed by atoms with Gasteiger partial charge >= 0.3 is 5.97 Å². The fourth-order valence-corrected chi connectivity index (χ4v) is 2.52. The molecule has 4 nitrogen and oxygen atoms in total. The Morgan fingerprint density at radius 2 is 1.68 bits per heavy atom. The molecule has 0 aliphatic carbocycles. The summed E-state index contributed by atoms with van der Waals surface area (Å²) in [6.45, 7) is 3.70.